The lowest BCUT2D eigenvalue weighted by atomic mass is 10.3. The summed E-state index contributed by atoms with van der Waals surface area (Å²) in [5, 5.41) is 12.7. The molecule has 0 spiro atoms. The van der Waals surface area contributed by atoms with Crippen molar-refractivity contribution < 1.29 is 14.1 Å². The molecule has 0 aliphatic heterocycles. The summed E-state index contributed by atoms with van der Waals surface area (Å²) in [6.07, 6.45) is 0. The highest BCUT2D eigenvalue weighted by molar-refractivity contribution is 7.15. The van der Waals surface area contributed by atoms with Crippen LogP contribution in [0.25, 0.3) is 4.96 Å². The molecule has 3 aromatic rings. The van der Waals surface area contributed by atoms with Gasteiger partial charge in [-0.05, 0) is 13.0 Å². The van der Waals surface area contributed by atoms with E-state index in [1.807, 2.05) is 0 Å². The zero-order chi connectivity index (χ0) is 16.6. The van der Waals surface area contributed by atoms with E-state index in [9.17, 15) is 19.3 Å². The van der Waals surface area contributed by atoms with Gasteiger partial charge in [0, 0.05) is 29.3 Å². The van der Waals surface area contributed by atoms with Gasteiger partial charge in [-0.15, -0.1) is 11.3 Å². The molecule has 0 amide bonds. The minimum Gasteiger partial charge on any atom is -0.480 e. The molecule has 118 valence electrons. The maximum atomic E-state index is 13.2. The molecule has 2 aromatic heterocycles. The molecule has 9 heteroatoms. The maximum absolute atomic E-state index is 13.2. The summed E-state index contributed by atoms with van der Waals surface area (Å²) in [4.78, 5) is 27.0. The zero-order valence-electron chi connectivity index (χ0n) is 11.9. The van der Waals surface area contributed by atoms with Gasteiger partial charge in [-0.3, -0.25) is 19.3 Å². The van der Waals surface area contributed by atoms with Gasteiger partial charge in [-0.25, -0.2) is 9.37 Å². The first-order valence-electron chi connectivity index (χ1n) is 6.49. The molecule has 1 aromatic carbocycles. The number of fused-ring (bicyclic) bond motifs is 1. The highest BCUT2D eigenvalue weighted by Gasteiger charge is 2.16. The van der Waals surface area contributed by atoms with Gasteiger partial charge in [0.2, 0.25) is 0 Å². The molecule has 0 atom stereocenters. The Morgan fingerprint density at radius 1 is 1.43 bits per heavy atom. The molecule has 0 saturated heterocycles. The predicted molar refractivity (Wildman–Crippen MR) is 81.5 cm³/mol. The lowest BCUT2D eigenvalue weighted by Crippen LogP contribution is -2.16. The summed E-state index contributed by atoms with van der Waals surface area (Å²) in [5.74, 6) is -0.859. The van der Waals surface area contributed by atoms with Crippen LogP contribution in [0.5, 0.6) is 5.75 Å². The van der Waals surface area contributed by atoms with E-state index in [1.165, 1.54) is 21.8 Å². The second kappa shape index (κ2) is 5.76. The predicted octanol–water partition coefficient (Wildman–Crippen LogP) is 2.69. The van der Waals surface area contributed by atoms with Crippen LogP contribution in [0.3, 0.4) is 0 Å². The number of rotatable bonds is 4. The summed E-state index contributed by atoms with van der Waals surface area (Å²) in [6.45, 7) is 1.62. The van der Waals surface area contributed by atoms with E-state index in [1.54, 1.807) is 12.3 Å². The first-order valence-corrected chi connectivity index (χ1v) is 7.37. The molecule has 0 N–H and O–H groups in total. The molecule has 0 radical (unpaired) electrons. The fourth-order valence-electron chi connectivity index (χ4n) is 2.08. The molecule has 0 aliphatic rings. The molecule has 0 fully saturated rings. The number of thiazole rings is 1. The van der Waals surface area contributed by atoms with E-state index in [0.29, 0.717) is 10.7 Å². The van der Waals surface area contributed by atoms with Crippen molar-refractivity contribution in [2.75, 3.05) is 0 Å². The summed E-state index contributed by atoms with van der Waals surface area (Å²) in [6, 6.07) is 4.23. The second-order valence-corrected chi connectivity index (χ2v) is 5.58. The highest BCUT2D eigenvalue weighted by atomic mass is 32.1. The topological polar surface area (TPSA) is 86.7 Å². The van der Waals surface area contributed by atoms with E-state index >= 15 is 0 Å². The van der Waals surface area contributed by atoms with Crippen LogP contribution < -0.4 is 10.3 Å². The van der Waals surface area contributed by atoms with Gasteiger partial charge in [0.05, 0.1) is 10.6 Å². The van der Waals surface area contributed by atoms with Crippen LogP contribution in [-0.2, 0) is 6.61 Å². The molecule has 23 heavy (non-hydrogen) atoms. The third kappa shape index (κ3) is 2.90. The van der Waals surface area contributed by atoms with Crippen molar-refractivity contribution in [2.24, 2.45) is 0 Å². The maximum Gasteiger partial charge on any atom is 0.311 e. The van der Waals surface area contributed by atoms with Crippen LogP contribution in [0, 0.1) is 22.9 Å². The van der Waals surface area contributed by atoms with Gasteiger partial charge in [-0.1, -0.05) is 0 Å². The number of ether oxygens (including phenoxy) is 1. The number of nitro groups is 1. The number of hydrogen-bond donors (Lipinski definition) is 0. The lowest BCUT2D eigenvalue weighted by molar-refractivity contribution is -0.386. The zero-order valence-corrected chi connectivity index (χ0v) is 12.7. The molecular formula is C14H10FN3O4S. The summed E-state index contributed by atoms with van der Waals surface area (Å²) < 4.78 is 20.0. The molecule has 3 rings (SSSR count). The van der Waals surface area contributed by atoms with Crippen molar-refractivity contribution in [1.29, 1.82) is 0 Å². The molecule has 7 nitrogen and oxygen atoms in total. The Hall–Kier alpha value is -2.81. The van der Waals surface area contributed by atoms with Crippen LogP contribution >= 0.6 is 11.3 Å². The van der Waals surface area contributed by atoms with Crippen molar-refractivity contribution in [1.82, 2.24) is 9.38 Å². The normalized spacial score (nSPS) is 10.9. The van der Waals surface area contributed by atoms with Gasteiger partial charge in [0.25, 0.3) is 5.56 Å². The number of aromatic nitrogens is 2. The van der Waals surface area contributed by atoms with Gasteiger partial charge >= 0.3 is 5.69 Å². The minimum absolute atomic E-state index is 0.174. The molecular weight excluding hydrogens is 325 g/mol. The molecule has 0 bridgehead atoms. The Morgan fingerprint density at radius 3 is 2.96 bits per heavy atom. The van der Waals surface area contributed by atoms with Crippen molar-refractivity contribution in [3.8, 4) is 5.75 Å². The van der Waals surface area contributed by atoms with Crippen molar-refractivity contribution in [3.63, 3.8) is 0 Å². The lowest BCUT2D eigenvalue weighted by Gasteiger charge is -2.06. The van der Waals surface area contributed by atoms with Crippen LogP contribution in [0.1, 0.15) is 11.4 Å². The average Bonchev–Trinajstić information content (AvgIpc) is 2.86. The van der Waals surface area contributed by atoms with E-state index in [0.717, 1.165) is 23.9 Å². The number of benzene rings is 1. The number of halogens is 1. The third-order valence-corrected chi connectivity index (χ3v) is 4.07. The average molecular weight is 335 g/mol. The number of hydrogen-bond acceptors (Lipinski definition) is 6. The van der Waals surface area contributed by atoms with Crippen LogP contribution in [0.2, 0.25) is 0 Å². The standard InChI is InChI=1S/C14H10FN3O4S/c1-8-7-23-14-16-10(5-13(19)17(8)14)6-22-12-4-9(15)2-3-11(12)18(20)21/h2-5,7H,6H2,1H3. The Bertz CT molecular complexity index is 966. The molecule has 2 heterocycles. The second-order valence-electron chi connectivity index (χ2n) is 4.74. The Balaban J connectivity index is 1.91. The fraction of sp³-hybridized carbons (Fsp3) is 0.143. The Morgan fingerprint density at radius 2 is 2.22 bits per heavy atom. The monoisotopic (exact) mass is 335 g/mol. The van der Waals surface area contributed by atoms with Crippen LogP contribution in [0.4, 0.5) is 10.1 Å². The first-order chi connectivity index (χ1) is 11.0. The Kier molecular flexibility index (Phi) is 3.78. The van der Waals surface area contributed by atoms with Crippen molar-refractivity contribution in [2.45, 2.75) is 13.5 Å². The van der Waals surface area contributed by atoms with Crippen LogP contribution in [0.15, 0.2) is 34.4 Å². The highest BCUT2D eigenvalue weighted by Crippen LogP contribution is 2.28. The van der Waals surface area contributed by atoms with E-state index in [2.05, 4.69) is 4.98 Å². The molecule has 0 aliphatic carbocycles. The number of nitro benzene ring substituents is 1. The van der Waals surface area contributed by atoms with Gasteiger partial charge in [-0.2, -0.15) is 0 Å². The minimum atomic E-state index is -0.664. The van der Waals surface area contributed by atoms with Gasteiger partial charge in [0.1, 0.15) is 12.4 Å². The van der Waals surface area contributed by atoms with Crippen molar-refractivity contribution >= 4 is 22.0 Å². The molecule has 0 saturated carbocycles. The van der Waals surface area contributed by atoms with Gasteiger partial charge < -0.3 is 4.74 Å². The smallest absolute Gasteiger partial charge is 0.311 e. The quantitative estimate of drug-likeness (QED) is 0.540. The SMILES string of the molecule is Cc1csc2nc(COc3cc(F)ccc3[N+](=O)[O-])cc(=O)n12. The van der Waals surface area contributed by atoms with E-state index < -0.39 is 10.7 Å². The summed E-state index contributed by atoms with van der Waals surface area (Å²) in [7, 11) is 0. The fourth-order valence-corrected chi connectivity index (χ4v) is 2.97. The van der Waals surface area contributed by atoms with E-state index in [4.69, 9.17) is 4.74 Å². The number of aryl methyl sites for hydroxylation is 1. The number of nitrogens with zero attached hydrogens (tertiary/aromatic N) is 3. The molecule has 0 unspecified atom stereocenters. The van der Waals surface area contributed by atoms with E-state index in [-0.39, 0.29) is 23.6 Å². The van der Waals surface area contributed by atoms with Crippen LogP contribution in [-0.4, -0.2) is 14.3 Å². The largest absolute Gasteiger partial charge is 0.480 e. The third-order valence-electron chi connectivity index (χ3n) is 3.12. The first kappa shape index (κ1) is 15.1. The Labute approximate surface area is 132 Å². The van der Waals surface area contributed by atoms with Gasteiger partial charge in [0.15, 0.2) is 10.7 Å². The summed E-state index contributed by atoms with van der Waals surface area (Å²) >= 11 is 1.30. The van der Waals surface area contributed by atoms with Crippen molar-refractivity contribution in [3.05, 3.63) is 67.3 Å². The summed E-state index contributed by atoms with van der Waals surface area (Å²) in [5.41, 5.74) is 0.475.